The summed E-state index contributed by atoms with van der Waals surface area (Å²) in [5.74, 6) is -0.980. The lowest BCUT2D eigenvalue weighted by atomic mass is 9.82. The molecule has 0 saturated heterocycles. The molecule has 0 aliphatic carbocycles. The number of nitriles is 1. The predicted molar refractivity (Wildman–Crippen MR) is 111 cm³/mol. The Morgan fingerprint density at radius 1 is 1.30 bits per heavy atom. The van der Waals surface area contributed by atoms with Crippen molar-refractivity contribution in [1.29, 1.82) is 5.26 Å². The Labute approximate surface area is 174 Å². The van der Waals surface area contributed by atoms with Gasteiger partial charge < -0.3 is 14.5 Å². The van der Waals surface area contributed by atoms with Gasteiger partial charge in [-0.2, -0.15) is 5.26 Å². The number of carbonyl (C=O) groups excluding carboxylic acids is 1. The normalized spacial score (nSPS) is 16.3. The van der Waals surface area contributed by atoms with Gasteiger partial charge in [0.1, 0.15) is 17.4 Å². The van der Waals surface area contributed by atoms with Gasteiger partial charge in [0, 0.05) is 17.5 Å². The smallest absolute Gasteiger partial charge is 0.335 e. The van der Waals surface area contributed by atoms with Gasteiger partial charge in [-0.05, 0) is 46.2 Å². The number of allylic oxidation sites excluding steroid dienone is 3. The van der Waals surface area contributed by atoms with Crippen LogP contribution in [-0.2, 0) is 9.53 Å². The number of fused-ring (bicyclic) bond motifs is 1. The van der Waals surface area contributed by atoms with Crippen LogP contribution < -0.4 is 10.7 Å². The molecule has 1 aromatic heterocycles. The molecule has 1 unspecified atom stereocenters. The minimum Gasteiger partial charge on any atom is -0.461 e. The number of rotatable bonds is 3. The molecule has 1 N–H and O–H groups in total. The third-order valence-corrected chi connectivity index (χ3v) is 4.87. The molecule has 0 amide bonds. The molecule has 0 fully saturated rings. The van der Waals surface area contributed by atoms with Crippen LogP contribution in [-0.4, -0.2) is 12.1 Å². The minimum absolute atomic E-state index is 0.135. The highest BCUT2D eigenvalue weighted by Gasteiger charge is 2.37. The van der Waals surface area contributed by atoms with Crippen LogP contribution in [0.5, 0.6) is 0 Å². The maximum Gasteiger partial charge on any atom is 0.335 e. The van der Waals surface area contributed by atoms with Crippen molar-refractivity contribution in [3.05, 3.63) is 79.4 Å². The maximum absolute atomic E-state index is 13.0. The van der Waals surface area contributed by atoms with Gasteiger partial charge in [0.2, 0.25) is 0 Å². The lowest BCUT2D eigenvalue weighted by Gasteiger charge is -2.29. The molecule has 2 heterocycles. The first-order chi connectivity index (χ1) is 14.2. The van der Waals surface area contributed by atoms with E-state index in [0.29, 0.717) is 28.4 Å². The molecule has 1 aromatic carbocycles. The second-order valence-corrected chi connectivity index (χ2v) is 7.41. The van der Waals surface area contributed by atoms with Crippen LogP contribution in [0.1, 0.15) is 50.5 Å². The topological polar surface area (TPSA) is 96.7 Å². The van der Waals surface area contributed by atoms with Gasteiger partial charge in [-0.25, -0.2) is 9.64 Å². The largest absolute Gasteiger partial charge is 0.461 e. The van der Waals surface area contributed by atoms with E-state index in [-0.39, 0.29) is 33.6 Å². The van der Waals surface area contributed by atoms with Crippen LogP contribution in [0.3, 0.4) is 0 Å². The third kappa shape index (κ3) is 3.46. The first kappa shape index (κ1) is 20.9. The summed E-state index contributed by atoms with van der Waals surface area (Å²) in [7, 11) is 0. The molecule has 0 spiro atoms. The van der Waals surface area contributed by atoms with Crippen molar-refractivity contribution in [1.82, 2.24) is 5.32 Å². The first-order valence-electron chi connectivity index (χ1n) is 9.44. The Kier molecular flexibility index (Phi) is 5.49. The number of nitrogens with zero attached hydrogens (tertiary/aromatic N) is 2. The Hall–Kier alpha value is -3.84. The summed E-state index contributed by atoms with van der Waals surface area (Å²) in [6, 6.07) is 6.49. The summed E-state index contributed by atoms with van der Waals surface area (Å²) in [4.78, 5) is 29.3. The lowest BCUT2D eigenvalue weighted by molar-refractivity contribution is -0.143. The molecule has 0 bridgehead atoms. The van der Waals surface area contributed by atoms with E-state index in [1.807, 2.05) is 6.07 Å². The van der Waals surface area contributed by atoms with Crippen LogP contribution in [0.15, 0.2) is 50.1 Å². The highest BCUT2D eigenvalue weighted by atomic mass is 16.5. The van der Waals surface area contributed by atoms with Crippen molar-refractivity contribution >= 4 is 16.9 Å². The number of aryl methyl sites for hydroxylation is 1. The minimum atomic E-state index is -0.796. The van der Waals surface area contributed by atoms with E-state index in [9.17, 15) is 14.9 Å². The zero-order chi connectivity index (χ0) is 22.2. The van der Waals surface area contributed by atoms with Crippen LogP contribution in [0, 0.1) is 24.8 Å². The van der Waals surface area contributed by atoms with Crippen molar-refractivity contribution < 1.29 is 13.9 Å². The molecule has 7 nitrogen and oxygen atoms in total. The van der Waals surface area contributed by atoms with Gasteiger partial charge in [0.25, 0.3) is 0 Å². The zero-order valence-electron chi connectivity index (χ0n) is 17.4. The van der Waals surface area contributed by atoms with Crippen molar-refractivity contribution in [3.63, 3.8) is 0 Å². The van der Waals surface area contributed by atoms with Crippen molar-refractivity contribution in [2.75, 3.05) is 0 Å². The van der Waals surface area contributed by atoms with Crippen LogP contribution in [0.2, 0.25) is 0 Å². The number of ether oxygens (including phenoxy) is 1. The first-order valence-corrected chi connectivity index (χ1v) is 9.44. The second kappa shape index (κ2) is 7.88. The van der Waals surface area contributed by atoms with E-state index in [2.05, 4.69) is 10.2 Å². The molecule has 152 valence electrons. The van der Waals surface area contributed by atoms with E-state index >= 15 is 0 Å². The molecular weight excluding hydrogens is 382 g/mol. The molecule has 7 heteroatoms. The van der Waals surface area contributed by atoms with Crippen LogP contribution in [0.25, 0.3) is 15.8 Å². The van der Waals surface area contributed by atoms with Gasteiger partial charge in [0.05, 0.1) is 35.1 Å². The summed E-state index contributed by atoms with van der Waals surface area (Å²) >= 11 is 0. The van der Waals surface area contributed by atoms with Crippen molar-refractivity contribution in [3.8, 4) is 6.07 Å². The Morgan fingerprint density at radius 2 is 2.00 bits per heavy atom. The molecule has 3 rings (SSSR count). The molecule has 1 aliphatic heterocycles. The molecule has 0 saturated carbocycles. The number of benzene rings is 1. The molecule has 1 atom stereocenters. The highest BCUT2D eigenvalue weighted by molar-refractivity contribution is 5.95. The third-order valence-electron chi connectivity index (χ3n) is 4.87. The van der Waals surface area contributed by atoms with Crippen LogP contribution in [0.4, 0.5) is 0 Å². The van der Waals surface area contributed by atoms with Gasteiger partial charge in [-0.15, -0.1) is 0 Å². The van der Waals surface area contributed by atoms with Crippen LogP contribution >= 0.6 is 0 Å². The van der Waals surface area contributed by atoms with Gasteiger partial charge in [0.15, 0.2) is 11.1 Å². The van der Waals surface area contributed by atoms with E-state index in [0.717, 1.165) is 0 Å². The molecule has 0 radical (unpaired) electrons. The van der Waals surface area contributed by atoms with E-state index in [1.54, 1.807) is 40.7 Å². The van der Waals surface area contributed by atoms with Gasteiger partial charge in [-0.1, -0.05) is 6.07 Å². The fourth-order valence-corrected chi connectivity index (χ4v) is 3.70. The molecular formula is C23H21N3O4. The number of hydrogen-bond donors (Lipinski definition) is 1. The lowest BCUT2D eigenvalue weighted by Crippen LogP contribution is -2.29. The molecule has 1 aliphatic rings. The van der Waals surface area contributed by atoms with E-state index in [1.165, 1.54) is 12.1 Å². The predicted octanol–water partition coefficient (Wildman–Crippen LogP) is 4.04. The molecule has 30 heavy (non-hydrogen) atoms. The van der Waals surface area contributed by atoms with Crippen molar-refractivity contribution in [2.45, 2.75) is 46.6 Å². The second-order valence-electron chi connectivity index (χ2n) is 7.41. The summed E-state index contributed by atoms with van der Waals surface area (Å²) in [5, 5.41) is 12.7. The van der Waals surface area contributed by atoms with E-state index < -0.39 is 11.9 Å². The van der Waals surface area contributed by atoms with Gasteiger partial charge in [-0.3, -0.25) is 4.79 Å². The summed E-state index contributed by atoms with van der Waals surface area (Å²) in [6.45, 7) is 16.3. The Bertz CT molecular complexity index is 1270. The maximum atomic E-state index is 13.0. The number of carbonyl (C=O) groups is 1. The standard InChI is InChI=1S/C23H21N3O4/c1-11(2)29-23(28)18-13(4)26-14(5)21(25-6)20(18)16-8-7-15(10-24)19-17(27)9-12(3)30-22(16)19/h7-9,11,20,26H,1-5H3. The summed E-state index contributed by atoms with van der Waals surface area (Å²) in [6.07, 6.45) is -0.347. The number of hydrogen-bond acceptors (Lipinski definition) is 6. The summed E-state index contributed by atoms with van der Waals surface area (Å²) in [5.41, 5.74) is 2.21. The van der Waals surface area contributed by atoms with Gasteiger partial charge >= 0.3 is 5.97 Å². The van der Waals surface area contributed by atoms with Crippen molar-refractivity contribution in [2.24, 2.45) is 0 Å². The summed E-state index contributed by atoms with van der Waals surface area (Å²) < 4.78 is 11.3. The average Bonchev–Trinajstić information content (AvgIpc) is 2.65. The fraction of sp³-hybridized carbons (Fsp3) is 0.304. The quantitative estimate of drug-likeness (QED) is 0.614. The monoisotopic (exact) mass is 403 g/mol. The highest BCUT2D eigenvalue weighted by Crippen LogP contribution is 2.42. The SMILES string of the molecule is [C-]#[N+]C1=C(C)NC(C)=C(C(=O)OC(C)C)C1c1ccc(C#N)c2c(=O)cc(C)oc12. The number of nitrogens with one attached hydrogen (secondary N) is 1. The average molecular weight is 403 g/mol. The Balaban J connectivity index is 2.40. The van der Waals surface area contributed by atoms with E-state index in [4.69, 9.17) is 15.7 Å². The zero-order valence-corrected chi connectivity index (χ0v) is 17.4. The number of esters is 1. The number of dihydropyridines is 1. The molecule has 2 aromatic rings. The Morgan fingerprint density at radius 3 is 2.60 bits per heavy atom. The fourth-order valence-electron chi connectivity index (χ4n) is 3.70.